The van der Waals surface area contributed by atoms with Crippen molar-refractivity contribution in [2.24, 2.45) is 5.92 Å². The molecule has 18 heavy (non-hydrogen) atoms. The monoisotopic (exact) mass is 249 g/mol. The van der Waals surface area contributed by atoms with Gasteiger partial charge in [-0.05, 0) is 31.6 Å². The lowest BCUT2D eigenvalue weighted by atomic mass is 9.86. The lowest BCUT2D eigenvalue weighted by Gasteiger charge is -2.27. The Balaban J connectivity index is 1.47. The van der Waals surface area contributed by atoms with Crippen LogP contribution in [0.1, 0.15) is 50.3 Å². The van der Waals surface area contributed by atoms with Crippen molar-refractivity contribution in [2.75, 3.05) is 6.54 Å². The molecule has 2 unspecified atom stereocenters. The van der Waals surface area contributed by atoms with Gasteiger partial charge in [0.05, 0.1) is 18.1 Å². The number of nitrogens with one attached hydrogen (secondary N) is 1. The number of nitrogens with zero attached hydrogens (tertiary/aromatic N) is 2. The Morgan fingerprint density at radius 1 is 1.28 bits per heavy atom. The maximum atomic E-state index is 9.92. The second-order valence-electron chi connectivity index (χ2n) is 5.77. The molecule has 0 aliphatic heterocycles. The number of hydrogen-bond acceptors (Lipinski definition) is 3. The summed E-state index contributed by atoms with van der Waals surface area (Å²) in [4.78, 5) is 4.24. The average Bonchev–Trinajstić information content (AvgIpc) is 3.12. The van der Waals surface area contributed by atoms with E-state index in [1.165, 1.54) is 31.4 Å². The van der Waals surface area contributed by atoms with Crippen LogP contribution in [0.3, 0.4) is 0 Å². The lowest BCUT2D eigenvalue weighted by molar-refractivity contribution is 0.0694. The molecule has 100 valence electrons. The van der Waals surface area contributed by atoms with Gasteiger partial charge in [0.2, 0.25) is 0 Å². The standard InChI is InChI=1S/C14H23N3O/c18-14-4-2-1-3-11(14)7-15-8-13-9-16-10-17(13)12-5-6-12/h9-12,14-15,18H,1-8H2. The van der Waals surface area contributed by atoms with Crippen LogP contribution in [-0.2, 0) is 6.54 Å². The highest BCUT2D eigenvalue weighted by Gasteiger charge is 2.25. The molecule has 0 saturated heterocycles. The first kappa shape index (κ1) is 12.2. The fourth-order valence-electron chi connectivity index (χ4n) is 2.96. The molecule has 2 aliphatic carbocycles. The van der Waals surface area contributed by atoms with E-state index < -0.39 is 0 Å². The van der Waals surface area contributed by atoms with Gasteiger partial charge in [-0.3, -0.25) is 0 Å². The van der Waals surface area contributed by atoms with Gasteiger partial charge >= 0.3 is 0 Å². The van der Waals surface area contributed by atoms with E-state index in [-0.39, 0.29) is 6.10 Å². The summed E-state index contributed by atoms with van der Waals surface area (Å²) in [7, 11) is 0. The summed E-state index contributed by atoms with van der Waals surface area (Å²) in [6, 6.07) is 0.699. The predicted molar refractivity (Wildman–Crippen MR) is 70.2 cm³/mol. The largest absolute Gasteiger partial charge is 0.393 e. The lowest BCUT2D eigenvalue weighted by Crippen LogP contribution is -2.33. The molecule has 0 spiro atoms. The molecule has 4 heteroatoms. The second-order valence-corrected chi connectivity index (χ2v) is 5.77. The molecule has 2 N–H and O–H groups in total. The second kappa shape index (κ2) is 5.41. The Labute approximate surface area is 108 Å². The molecular formula is C14H23N3O. The van der Waals surface area contributed by atoms with Crippen molar-refractivity contribution in [3.05, 3.63) is 18.2 Å². The quantitative estimate of drug-likeness (QED) is 0.837. The molecule has 2 atom stereocenters. The van der Waals surface area contributed by atoms with Gasteiger partial charge in [-0.25, -0.2) is 4.98 Å². The van der Waals surface area contributed by atoms with Crippen LogP contribution in [-0.4, -0.2) is 27.3 Å². The molecule has 1 aromatic rings. The molecule has 2 aliphatic rings. The highest BCUT2D eigenvalue weighted by Crippen LogP contribution is 2.35. The van der Waals surface area contributed by atoms with Crippen molar-refractivity contribution >= 4 is 0 Å². The minimum atomic E-state index is -0.0976. The van der Waals surface area contributed by atoms with Crippen molar-refractivity contribution in [3.8, 4) is 0 Å². The molecule has 0 radical (unpaired) electrons. The molecule has 0 bridgehead atoms. The summed E-state index contributed by atoms with van der Waals surface area (Å²) in [6.07, 6.45) is 11.0. The third kappa shape index (κ3) is 2.75. The smallest absolute Gasteiger partial charge is 0.0951 e. The third-order valence-corrected chi connectivity index (χ3v) is 4.27. The minimum absolute atomic E-state index is 0.0976. The van der Waals surface area contributed by atoms with Crippen LogP contribution in [0.5, 0.6) is 0 Å². The molecule has 0 amide bonds. The van der Waals surface area contributed by atoms with Crippen molar-refractivity contribution in [3.63, 3.8) is 0 Å². The number of rotatable bonds is 5. The van der Waals surface area contributed by atoms with Crippen LogP contribution in [0.25, 0.3) is 0 Å². The first-order chi connectivity index (χ1) is 8.84. The van der Waals surface area contributed by atoms with Crippen molar-refractivity contribution in [1.82, 2.24) is 14.9 Å². The van der Waals surface area contributed by atoms with E-state index in [1.807, 2.05) is 12.5 Å². The zero-order valence-corrected chi connectivity index (χ0v) is 10.9. The third-order valence-electron chi connectivity index (χ3n) is 4.27. The van der Waals surface area contributed by atoms with Crippen LogP contribution in [0.2, 0.25) is 0 Å². The number of imidazole rings is 1. The number of hydrogen-bond donors (Lipinski definition) is 2. The Kier molecular flexibility index (Phi) is 3.66. The van der Waals surface area contributed by atoms with Crippen LogP contribution in [0.15, 0.2) is 12.5 Å². The van der Waals surface area contributed by atoms with E-state index in [9.17, 15) is 5.11 Å². The molecule has 4 nitrogen and oxygen atoms in total. The Hall–Kier alpha value is -0.870. The fraction of sp³-hybridized carbons (Fsp3) is 0.786. The van der Waals surface area contributed by atoms with Crippen LogP contribution < -0.4 is 5.32 Å². The number of aliphatic hydroxyl groups is 1. The van der Waals surface area contributed by atoms with Gasteiger partial charge in [-0.1, -0.05) is 12.8 Å². The maximum absolute atomic E-state index is 9.92. The first-order valence-corrected chi connectivity index (χ1v) is 7.24. The minimum Gasteiger partial charge on any atom is -0.393 e. The summed E-state index contributed by atoms with van der Waals surface area (Å²) in [6.45, 7) is 1.80. The van der Waals surface area contributed by atoms with Crippen molar-refractivity contribution in [1.29, 1.82) is 0 Å². The predicted octanol–water partition coefficient (Wildman–Crippen LogP) is 1.86. The summed E-state index contributed by atoms with van der Waals surface area (Å²) in [5.41, 5.74) is 1.28. The zero-order chi connectivity index (χ0) is 12.4. The molecule has 3 rings (SSSR count). The van der Waals surface area contributed by atoms with Gasteiger partial charge in [0.15, 0.2) is 0 Å². The highest BCUT2D eigenvalue weighted by molar-refractivity contribution is 5.03. The summed E-state index contributed by atoms with van der Waals surface area (Å²) < 4.78 is 2.30. The molecule has 1 aromatic heterocycles. The summed E-state index contributed by atoms with van der Waals surface area (Å²) >= 11 is 0. The van der Waals surface area contributed by atoms with Crippen LogP contribution in [0.4, 0.5) is 0 Å². The Morgan fingerprint density at radius 2 is 2.11 bits per heavy atom. The normalized spacial score (nSPS) is 28.5. The molecule has 2 fully saturated rings. The number of aliphatic hydroxyl groups excluding tert-OH is 1. The molecular weight excluding hydrogens is 226 g/mol. The summed E-state index contributed by atoms with van der Waals surface area (Å²) in [5, 5.41) is 13.4. The van der Waals surface area contributed by atoms with Gasteiger partial charge in [0.25, 0.3) is 0 Å². The van der Waals surface area contributed by atoms with Gasteiger partial charge in [0.1, 0.15) is 0 Å². The van der Waals surface area contributed by atoms with E-state index >= 15 is 0 Å². The molecule has 0 aromatic carbocycles. The van der Waals surface area contributed by atoms with Gasteiger partial charge in [-0.2, -0.15) is 0 Å². The topological polar surface area (TPSA) is 50.1 Å². The van der Waals surface area contributed by atoms with Crippen LogP contribution >= 0.6 is 0 Å². The Morgan fingerprint density at radius 3 is 2.89 bits per heavy atom. The summed E-state index contributed by atoms with van der Waals surface area (Å²) in [5.74, 6) is 0.441. The zero-order valence-electron chi connectivity index (χ0n) is 10.9. The van der Waals surface area contributed by atoms with E-state index in [4.69, 9.17) is 0 Å². The molecule has 2 saturated carbocycles. The van der Waals surface area contributed by atoms with Gasteiger partial charge < -0.3 is 15.0 Å². The van der Waals surface area contributed by atoms with Crippen molar-refractivity contribution < 1.29 is 5.11 Å². The average molecular weight is 249 g/mol. The Bertz CT molecular complexity index is 386. The molecule has 1 heterocycles. The van der Waals surface area contributed by atoms with Gasteiger partial charge in [-0.15, -0.1) is 0 Å². The fourth-order valence-corrected chi connectivity index (χ4v) is 2.96. The van der Waals surface area contributed by atoms with E-state index in [0.29, 0.717) is 12.0 Å². The van der Waals surface area contributed by atoms with E-state index in [0.717, 1.165) is 25.9 Å². The highest BCUT2D eigenvalue weighted by atomic mass is 16.3. The van der Waals surface area contributed by atoms with E-state index in [2.05, 4.69) is 14.9 Å². The van der Waals surface area contributed by atoms with E-state index in [1.54, 1.807) is 0 Å². The first-order valence-electron chi connectivity index (χ1n) is 7.24. The number of aromatic nitrogens is 2. The maximum Gasteiger partial charge on any atom is 0.0951 e. The van der Waals surface area contributed by atoms with Crippen molar-refractivity contribution in [2.45, 2.75) is 57.2 Å². The SMILES string of the molecule is OC1CCCCC1CNCc1cncn1C1CC1. The van der Waals surface area contributed by atoms with Gasteiger partial charge in [0, 0.05) is 25.3 Å². The van der Waals surface area contributed by atoms with Crippen LogP contribution in [0, 0.1) is 5.92 Å².